The molecule has 114 valence electrons. The Bertz CT molecular complexity index is 698. The summed E-state index contributed by atoms with van der Waals surface area (Å²) in [5, 5.41) is 4.22. The number of nitrogens with two attached hydrogens (primary N) is 1. The molecule has 1 heterocycles. The van der Waals surface area contributed by atoms with E-state index in [0.717, 1.165) is 16.9 Å². The molecule has 0 bridgehead atoms. The maximum Gasteiger partial charge on any atom is 0.120 e. The molecule has 22 heavy (non-hydrogen) atoms. The lowest BCUT2D eigenvalue weighted by atomic mass is 10.0. The van der Waals surface area contributed by atoms with E-state index in [4.69, 9.17) is 10.5 Å². The van der Waals surface area contributed by atoms with Gasteiger partial charge in [0.2, 0.25) is 0 Å². The summed E-state index contributed by atoms with van der Waals surface area (Å²) in [7, 11) is 0. The van der Waals surface area contributed by atoms with Crippen molar-refractivity contribution in [2.75, 3.05) is 0 Å². The van der Waals surface area contributed by atoms with Crippen molar-refractivity contribution in [2.24, 2.45) is 5.73 Å². The molecule has 0 aliphatic heterocycles. The number of hydrogen-bond acceptors (Lipinski definition) is 3. The second-order valence-corrected chi connectivity index (χ2v) is 5.59. The van der Waals surface area contributed by atoms with Crippen LogP contribution in [-0.2, 0) is 13.2 Å². The van der Waals surface area contributed by atoms with Crippen molar-refractivity contribution in [3.63, 3.8) is 0 Å². The molecule has 0 saturated heterocycles. The molecular weight excluding hydrogens is 314 g/mol. The van der Waals surface area contributed by atoms with Crippen LogP contribution in [0.3, 0.4) is 0 Å². The van der Waals surface area contributed by atoms with Gasteiger partial charge in [-0.15, -0.1) is 12.4 Å². The highest BCUT2D eigenvalue weighted by Gasteiger charge is 2.06. The Labute approximate surface area is 141 Å². The average molecular weight is 332 g/mol. The molecule has 4 heteroatoms. The summed E-state index contributed by atoms with van der Waals surface area (Å²) >= 11 is 1.69. The van der Waals surface area contributed by atoms with E-state index in [2.05, 4.69) is 35.0 Å². The van der Waals surface area contributed by atoms with Crippen molar-refractivity contribution in [1.82, 2.24) is 0 Å². The Morgan fingerprint density at radius 1 is 1.00 bits per heavy atom. The zero-order valence-electron chi connectivity index (χ0n) is 12.1. The number of benzene rings is 2. The Morgan fingerprint density at radius 2 is 1.82 bits per heavy atom. The quantitative estimate of drug-likeness (QED) is 0.723. The molecule has 2 aromatic carbocycles. The van der Waals surface area contributed by atoms with Crippen molar-refractivity contribution in [1.29, 1.82) is 0 Å². The zero-order valence-corrected chi connectivity index (χ0v) is 13.7. The largest absolute Gasteiger partial charge is 0.489 e. The van der Waals surface area contributed by atoms with Gasteiger partial charge in [0, 0.05) is 6.54 Å². The zero-order chi connectivity index (χ0) is 14.5. The molecule has 0 fully saturated rings. The fourth-order valence-electron chi connectivity index (χ4n) is 2.27. The van der Waals surface area contributed by atoms with Crippen molar-refractivity contribution >= 4 is 23.7 Å². The summed E-state index contributed by atoms with van der Waals surface area (Å²) in [5.41, 5.74) is 10.6. The molecule has 0 radical (unpaired) electrons. The van der Waals surface area contributed by atoms with Crippen LogP contribution in [0, 0.1) is 0 Å². The molecule has 0 spiro atoms. The van der Waals surface area contributed by atoms with Gasteiger partial charge < -0.3 is 10.5 Å². The lowest BCUT2D eigenvalue weighted by Crippen LogP contribution is -2.01. The number of thiophene rings is 1. The first kappa shape index (κ1) is 16.6. The fourth-order valence-corrected chi connectivity index (χ4v) is 2.92. The van der Waals surface area contributed by atoms with Crippen LogP contribution in [-0.4, -0.2) is 0 Å². The Kier molecular flexibility index (Phi) is 6.01. The highest BCUT2D eigenvalue weighted by atomic mass is 35.5. The maximum atomic E-state index is 5.88. The first-order valence-electron chi connectivity index (χ1n) is 6.89. The highest BCUT2D eigenvalue weighted by molar-refractivity contribution is 7.08. The van der Waals surface area contributed by atoms with Crippen molar-refractivity contribution in [2.45, 2.75) is 13.2 Å². The third-order valence-corrected chi connectivity index (χ3v) is 4.06. The summed E-state index contributed by atoms with van der Waals surface area (Å²) in [4.78, 5) is 0. The Morgan fingerprint density at radius 3 is 2.50 bits per heavy atom. The SMILES string of the molecule is Cl.NCc1cc(OCc2ccccc2)ccc1-c1ccsc1. The number of halogens is 1. The summed E-state index contributed by atoms with van der Waals surface area (Å²) < 4.78 is 5.85. The second kappa shape index (κ2) is 7.99. The van der Waals surface area contributed by atoms with Gasteiger partial charge in [-0.05, 0) is 51.2 Å². The molecule has 2 nitrogen and oxygen atoms in total. The van der Waals surface area contributed by atoms with Crippen LogP contribution in [0.25, 0.3) is 11.1 Å². The van der Waals surface area contributed by atoms with Gasteiger partial charge in [0.15, 0.2) is 0 Å². The molecule has 3 rings (SSSR count). The Hall–Kier alpha value is -1.81. The number of hydrogen-bond donors (Lipinski definition) is 1. The third-order valence-electron chi connectivity index (χ3n) is 3.38. The minimum absolute atomic E-state index is 0. The van der Waals surface area contributed by atoms with E-state index in [0.29, 0.717) is 13.2 Å². The molecule has 0 amide bonds. The highest BCUT2D eigenvalue weighted by Crippen LogP contribution is 2.29. The minimum Gasteiger partial charge on any atom is -0.489 e. The molecule has 0 aliphatic rings. The van der Waals surface area contributed by atoms with Crippen LogP contribution >= 0.6 is 23.7 Å². The van der Waals surface area contributed by atoms with Crippen LogP contribution in [0.4, 0.5) is 0 Å². The van der Waals surface area contributed by atoms with Gasteiger partial charge in [0.25, 0.3) is 0 Å². The predicted molar refractivity (Wildman–Crippen MR) is 95.7 cm³/mol. The van der Waals surface area contributed by atoms with E-state index in [9.17, 15) is 0 Å². The molecule has 0 atom stereocenters. The van der Waals surface area contributed by atoms with E-state index in [-0.39, 0.29) is 12.4 Å². The fraction of sp³-hybridized carbons (Fsp3) is 0.111. The van der Waals surface area contributed by atoms with Crippen molar-refractivity contribution < 1.29 is 4.74 Å². The molecule has 3 aromatic rings. The van der Waals surface area contributed by atoms with E-state index in [1.54, 1.807) is 11.3 Å². The first-order chi connectivity index (χ1) is 10.4. The molecule has 0 saturated carbocycles. The smallest absolute Gasteiger partial charge is 0.120 e. The van der Waals surface area contributed by atoms with Gasteiger partial charge in [-0.25, -0.2) is 0 Å². The lowest BCUT2D eigenvalue weighted by Gasteiger charge is -2.11. The van der Waals surface area contributed by atoms with E-state index >= 15 is 0 Å². The molecule has 2 N–H and O–H groups in total. The summed E-state index contributed by atoms with van der Waals surface area (Å²) in [6.07, 6.45) is 0. The van der Waals surface area contributed by atoms with E-state index in [1.807, 2.05) is 30.3 Å². The van der Waals surface area contributed by atoms with E-state index in [1.165, 1.54) is 11.1 Å². The summed E-state index contributed by atoms with van der Waals surface area (Å²) in [6.45, 7) is 1.08. The summed E-state index contributed by atoms with van der Waals surface area (Å²) in [6, 6.07) is 18.4. The van der Waals surface area contributed by atoms with Crippen LogP contribution in [0.15, 0.2) is 65.4 Å². The molecular formula is C18H18ClNOS. The van der Waals surface area contributed by atoms with Gasteiger partial charge in [-0.3, -0.25) is 0 Å². The number of ether oxygens (including phenoxy) is 1. The minimum atomic E-state index is 0. The first-order valence-corrected chi connectivity index (χ1v) is 7.83. The average Bonchev–Trinajstić information content (AvgIpc) is 3.08. The molecule has 0 aliphatic carbocycles. The van der Waals surface area contributed by atoms with Crippen LogP contribution < -0.4 is 10.5 Å². The molecule has 0 unspecified atom stereocenters. The standard InChI is InChI=1S/C18H17NOS.ClH/c19-11-16-10-17(20-12-14-4-2-1-3-5-14)6-7-18(16)15-8-9-21-13-15;/h1-10,13H,11-12,19H2;1H. The van der Waals surface area contributed by atoms with Crippen LogP contribution in [0.5, 0.6) is 5.75 Å². The predicted octanol–water partition coefficient (Wildman–Crippen LogP) is 4.87. The topological polar surface area (TPSA) is 35.2 Å². The monoisotopic (exact) mass is 331 g/mol. The lowest BCUT2D eigenvalue weighted by molar-refractivity contribution is 0.306. The normalized spacial score (nSPS) is 10.0. The van der Waals surface area contributed by atoms with Gasteiger partial charge >= 0.3 is 0 Å². The van der Waals surface area contributed by atoms with Gasteiger partial charge in [0.05, 0.1) is 0 Å². The van der Waals surface area contributed by atoms with Crippen LogP contribution in [0.2, 0.25) is 0 Å². The molecule has 1 aromatic heterocycles. The van der Waals surface area contributed by atoms with E-state index < -0.39 is 0 Å². The van der Waals surface area contributed by atoms with Gasteiger partial charge in [-0.2, -0.15) is 11.3 Å². The third kappa shape index (κ3) is 3.89. The van der Waals surface area contributed by atoms with Gasteiger partial charge in [-0.1, -0.05) is 36.4 Å². The van der Waals surface area contributed by atoms with Crippen LogP contribution in [0.1, 0.15) is 11.1 Å². The Balaban J connectivity index is 0.00000176. The van der Waals surface area contributed by atoms with Gasteiger partial charge in [0.1, 0.15) is 12.4 Å². The summed E-state index contributed by atoms with van der Waals surface area (Å²) in [5.74, 6) is 0.860. The van der Waals surface area contributed by atoms with Crippen molar-refractivity contribution in [3.8, 4) is 16.9 Å². The maximum absolute atomic E-state index is 5.88. The number of rotatable bonds is 5. The van der Waals surface area contributed by atoms with Crippen molar-refractivity contribution in [3.05, 3.63) is 76.5 Å². The second-order valence-electron chi connectivity index (χ2n) is 4.81.